The van der Waals surface area contributed by atoms with Gasteiger partial charge in [-0.1, -0.05) is 62.4 Å². The molecule has 0 amide bonds. The normalized spacial score (nSPS) is 18.8. The SMILES string of the molecule is [C-]#[N+]/C(C#N)=c1\nc(-c2ccccc2)/c(=C/C=C2/N3CCCc4cccc(c43)C2(C)C)s1. The van der Waals surface area contributed by atoms with Gasteiger partial charge < -0.3 is 4.90 Å². The summed E-state index contributed by atoms with van der Waals surface area (Å²) in [5.74, 6) is 0. The van der Waals surface area contributed by atoms with Crippen molar-refractivity contribution in [3.05, 3.63) is 92.0 Å². The Kier molecular flexibility index (Phi) is 4.93. The van der Waals surface area contributed by atoms with Crippen LogP contribution in [0.2, 0.25) is 0 Å². The van der Waals surface area contributed by atoms with Crippen molar-refractivity contribution < 1.29 is 0 Å². The van der Waals surface area contributed by atoms with Gasteiger partial charge in [0.1, 0.15) is 4.66 Å². The first kappa shape index (κ1) is 20.2. The predicted molar refractivity (Wildman–Crippen MR) is 130 cm³/mol. The van der Waals surface area contributed by atoms with Crippen LogP contribution in [0.5, 0.6) is 0 Å². The summed E-state index contributed by atoms with van der Waals surface area (Å²) in [6.45, 7) is 12.9. The number of hydrogen-bond acceptors (Lipinski definition) is 4. The number of para-hydroxylation sites is 1. The van der Waals surface area contributed by atoms with E-state index in [1.54, 1.807) is 0 Å². The van der Waals surface area contributed by atoms with Gasteiger partial charge >= 0.3 is 0 Å². The Morgan fingerprint density at radius 1 is 1.19 bits per heavy atom. The summed E-state index contributed by atoms with van der Waals surface area (Å²) in [6, 6.07) is 18.6. The number of benzene rings is 2. The topological polar surface area (TPSA) is 44.3 Å². The van der Waals surface area contributed by atoms with Crippen molar-refractivity contribution in [1.29, 1.82) is 5.26 Å². The highest BCUT2D eigenvalue weighted by atomic mass is 32.1. The number of aromatic nitrogens is 1. The van der Waals surface area contributed by atoms with Gasteiger partial charge in [0.05, 0.1) is 22.9 Å². The largest absolute Gasteiger partial charge is 0.344 e. The predicted octanol–water partition coefficient (Wildman–Crippen LogP) is 4.77. The van der Waals surface area contributed by atoms with Gasteiger partial charge in [0.15, 0.2) is 0 Å². The molecule has 3 heterocycles. The average Bonchev–Trinajstić information content (AvgIpc) is 3.32. The van der Waals surface area contributed by atoms with E-state index in [2.05, 4.69) is 58.9 Å². The zero-order valence-corrected chi connectivity index (χ0v) is 18.9. The lowest BCUT2D eigenvalue weighted by atomic mass is 9.83. The molecule has 2 aliphatic heterocycles. The minimum absolute atomic E-state index is 0.0359. The molecule has 0 bridgehead atoms. The first-order valence-corrected chi connectivity index (χ1v) is 11.5. The molecular weight excluding hydrogens is 412 g/mol. The third-order valence-corrected chi connectivity index (χ3v) is 7.36. The summed E-state index contributed by atoms with van der Waals surface area (Å²) in [4.78, 5) is 10.5. The van der Waals surface area contributed by atoms with Crippen LogP contribution in [0, 0.1) is 17.9 Å². The Morgan fingerprint density at radius 3 is 2.75 bits per heavy atom. The highest BCUT2D eigenvalue weighted by Crippen LogP contribution is 2.50. The lowest BCUT2D eigenvalue weighted by molar-refractivity contribution is 0.626. The average molecular weight is 435 g/mol. The summed E-state index contributed by atoms with van der Waals surface area (Å²) in [5, 5.41) is 9.36. The summed E-state index contributed by atoms with van der Waals surface area (Å²) < 4.78 is 1.43. The van der Waals surface area contributed by atoms with Crippen LogP contribution >= 0.6 is 11.3 Å². The molecule has 0 saturated heterocycles. The first-order chi connectivity index (χ1) is 15.5. The molecule has 0 N–H and O–H groups in total. The molecule has 5 rings (SSSR count). The van der Waals surface area contributed by atoms with E-state index in [1.807, 2.05) is 36.4 Å². The quantitative estimate of drug-likeness (QED) is 0.546. The Labute approximate surface area is 191 Å². The van der Waals surface area contributed by atoms with Crippen LogP contribution < -0.4 is 14.1 Å². The molecule has 0 fully saturated rings. The van der Waals surface area contributed by atoms with Crippen molar-refractivity contribution >= 4 is 28.8 Å². The number of allylic oxidation sites excluding steroid dienone is 2. The van der Waals surface area contributed by atoms with Gasteiger partial charge in [-0.25, -0.2) is 15.1 Å². The summed E-state index contributed by atoms with van der Waals surface area (Å²) in [7, 11) is 0. The van der Waals surface area contributed by atoms with Crippen molar-refractivity contribution in [2.75, 3.05) is 11.4 Å². The van der Waals surface area contributed by atoms with Crippen LogP contribution in [0.1, 0.15) is 31.4 Å². The van der Waals surface area contributed by atoms with E-state index >= 15 is 0 Å². The lowest BCUT2D eigenvalue weighted by Crippen LogP contribution is -2.29. The van der Waals surface area contributed by atoms with Crippen LogP contribution in [0.25, 0.3) is 27.9 Å². The van der Waals surface area contributed by atoms with E-state index in [-0.39, 0.29) is 11.1 Å². The molecule has 0 radical (unpaired) electrons. The fourth-order valence-corrected chi connectivity index (χ4v) is 5.72. The maximum atomic E-state index is 9.36. The van der Waals surface area contributed by atoms with E-state index in [4.69, 9.17) is 6.57 Å². The van der Waals surface area contributed by atoms with Crippen molar-refractivity contribution in [3.63, 3.8) is 0 Å². The standard InChI is InChI=1S/C27H22N4S/c1-27(2)20-13-7-11-19-12-8-16-31(25(19)20)23(27)15-14-22-24(18-9-5-4-6-10-18)30-26(32-22)21(17-28)29-3/h4-7,9-11,13-15H,8,12,16H2,1-2H3/b22-14-,23-15+,26-21+. The molecular formula is C27H22N4S. The minimum Gasteiger partial charge on any atom is -0.344 e. The van der Waals surface area contributed by atoms with Crippen molar-refractivity contribution in [3.8, 4) is 17.3 Å². The summed E-state index contributed by atoms with van der Waals surface area (Å²) in [6.07, 6.45) is 6.60. The van der Waals surface area contributed by atoms with Crippen molar-refractivity contribution in [2.24, 2.45) is 0 Å². The Hall–Kier alpha value is -3.67. The number of anilines is 1. The molecule has 1 aromatic heterocycles. The maximum absolute atomic E-state index is 9.36. The number of hydrogen-bond donors (Lipinski definition) is 0. The molecule has 32 heavy (non-hydrogen) atoms. The fraction of sp³-hybridized carbons (Fsp3) is 0.222. The fourth-order valence-electron chi connectivity index (χ4n) is 4.79. The highest BCUT2D eigenvalue weighted by molar-refractivity contribution is 7.07. The molecule has 0 saturated carbocycles. The summed E-state index contributed by atoms with van der Waals surface area (Å²) >= 11 is 1.40. The molecule has 0 spiro atoms. The van der Waals surface area contributed by atoms with Gasteiger partial charge in [0.2, 0.25) is 0 Å². The van der Waals surface area contributed by atoms with Gasteiger partial charge in [-0.2, -0.15) is 0 Å². The molecule has 2 aliphatic rings. The first-order valence-electron chi connectivity index (χ1n) is 10.7. The van der Waals surface area contributed by atoms with E-state index in [0.717, 1.165) is 35.2 Å². The van der Waals surface area contributed by atoms with Gasteiger partial charge in [0, 0.05) is 28.9 Å². The summed E-state index contributed by atoms with van der Waals surface area (Å²) in [5.41, 5.74) is 7.22. The number of nitrogens with zero attached hydrogens (tertiary/aromatic N) is 4. The van der Waals surface area contributed by atoms with Crippen LogP contribution in [-0.2, 0) is 11.8 Å². The monoisotopic (exact) mass is 434 g/mol. The Bertz CT molecular complexity index is 1430. The molecule has 0 atom stereocenters. The van der Waals surface area contributed by atoms with Crippen LogP contribution in [0.4, 0.5) is 5.69 Å². The number of thiazole rings is 1. The maximum Gasteiger partial charge on any atom is 0.296 e. The van der Waals surface area contributed by atoms with Crippen molar-refractivity contribution in [2.45, 2.75) is 32.1 Å². The smallest absolute Gasteiger partial charge is 0.296 e. The zero-order valence-electron chi connectivity index (χ0n) is 18.1. The molecule has 3 aromatic rings. The highest BCUT2D eigenvalue weighted by Gasteiger charge is 2.41. The second kappa shape index (κ2) is 7.79. The molecule has 2 aromatic carbocycles. The molecule has 0 aliphatic carbocycles. The van der Waals surface area contributed by atoms with Gasteiger partial charge in [-0.05, 0) is 36.1 Å². The molecule has 0 unspecified atom stereocenters. The van der Waals surface area contributed by atoms with Crippen LogP contribution in [0.3, 0.4) is 0 Å². The third kappa shape index (κ3) is 3.14. The number of aryl methyl sites for hydroxylation is 1. The number of rotatable bonds is 2. The molecule has 5 heteroatoms. The van der Waals surface area contributed by atoms with Crippen LogP contribution in [0.15, 0.2) is 60.3 Å². The molecule has 4 nitrogen and oxygen atoms in total. The van der Waals surface area contributed by atoms with E-state index in [0.29, 0.717) is 4.66 Å². The second-order valence-corrected chi connectivity index (χ2v) is 9.61. The minimum atomic E-state index is -0.0902. The van der Waals surface area contributed by atoms with Gasteiger partial charge in [0.25, 0.3) is 5.70 Å². The van der Waals surface area contributed by atoms with Gasteiger partial charge in [-0.3, -0.25) is 0 Å². The molecule has 156 valence electrons. The number of nitriles is 1. The van der Waals surface area contributed by atoms with E-state index in [1.165, 1.54) is 33.8 Å². The van der Waals surface area contributed by atoms with Gasteiger partial charge in [-0.15, -0.1) is 11.3 Å². The van der Waals surface area contributed by atoms with E-state index in [9.17, 15) is 5.26 Å². The zero-order chi connectivity index (χ0) is 22.3. The van der Waals surface area contributed by atoms with Crippen molar-refractivity contribution in [1.82, 2.24) is 4.98 Å². The third-order valence-electron chi connectivity index (χ3n) is 6.34. The Balaban J connectivity index is 1.72. The lowest BCUT2D eigenvalue weighted by Gasteiger charge is -2.30. The second-order valence-electron chi connectivity index (χ2n) is 8.58. The van der Waals surface area contributed by atoms with Crippen LogP contribution in [-0.4, -0.2) is 11.5 Å². The van der Waals surface area contributed by atoms with E-state index < -0.39 is 0 Å². The Morgan fingerprint density at radius 2 is 2.00 bits per heavy atom.